The van der Waals surface area contributed by atoms with Gasteiger partial charge in [0.05, 0.1) is 11.0 Å². The number of nitrogens with one attached hydrogen (secondary N) is 2. The van der Waals surface area contributed by atoms with Gasteiger partial charge < -0.3 is 15.2 Å². The molecule has 0 aliphatic heterocycles. The third-order valence-corrected chi connectivity index (χ3v) is 4.71. The molecule has 3 rings (SSSR count). The van der Waals surface area contributed by atoms with Gasteiger partial charge in [-0.15, -0.1) is 0 Å². The first-order valence-corrected chi connectivity index (χ1v) is 8.11. The number of rotatable bonds is 4. The predicted molar refractivity (Wildman–Crippen MR) is 90.4 cm³/mol. The highest BCUT2D eigenvalue weighted by molar-refractivity contribution is 7.80. The maximum Gasteiger partial charge on any atom is 0.168 e. The number of hydrogen-bond donors (Lipinski definition) is 2. The van der Waals surface area contributed by atoms with E-state index in [2.05, 4.69) is 26.3 Å². The van der Waals surface area contributed by atoms with Crippen LogP contribution in [0.1, 0.15) is 31.5 Å². The number of aromatic nitrogens is 2. The summed E-state index contributed by atoms with van der Waals surface area (Å²) in [5.74, 6) is 1.04. The molecule has 2 N–H and O–H groups in total. The average molecular weight is 302 g/mol. The van der Waals surface area contributed by atoms with E-state index in [-0.39, 0.29) is 0 Å². The molecule has 1 aromatic carbocycles. The zero-order chi connectivity index (χ0) is 14.7. The molecule has 4 nitrogen and oxygen atoms in total. The Hall–Kier alpha value is -1.62. The molecule has 0 saturated heterocycles. The van der Waals surface area contributed by atoms with Gasteiger partial charge in [-0.25, -0.2) is 4.98 Å². The van der Waals surface area contributed by atoms with E-state index in [1.807, 2.05) is 25.2 Å². The summed E-state index contributed by atoms with van der Waals surface area (Å²) in [6.07, 6.45) is 6.03. The number of imidazole rings is 1. The van der Waals surface area contributed by atoms with E-state index in [1.165, 1.54) is 25.7 Å². The van der Waals surface area contributed by atoms with Crippen LogP contribution in [0, 0.1) is 0 Å². The molecule has 5 heteroatoms. The van der Waals surface area contributed by atoms with E-state index < -0.39 is 0 Å². The molecule has 2 aromatic rings. The number of thiocarbonyl (C=S) groups is 1. The summed E-state index contributed by atoms with van der Waals surface area (Å²) in [6.45, 7) is 0.921. The summed E-state index contributed by atoms with van der Waals surface area (Å²) in [4.78, 5) is 10.4. The van der Waals surface area contributed by atoms with Gasteiger partial charge in [0, 0.05) is 26.1 Å². The quantitative estimate of drug-likeness (QED) is 0.853. The lowest BCUT2D eigenvalue weighted by atomic mass is 10.2. The van der Waals surface area contributed by atoms with Gasteiger partial charge in [0.25, 0.3) is 0 Å². The maximum atomic E-state index is 5.48. The van der Waals surface area contributed by atoms with Crippen LogP contribution < -0.4 is 5.32 Å². The Kier molecular flexibility index (Phi) is 4.39. The van der Waals surface area contributed by atoms with Crippen LogP contribution in [0.5, 0.6) is 0 Å². The Balaban J connectivity index is 1.69. The van der Waals surface area contributed by atoms with Crippen molar-refractivity contribution in [2.45, 2.75) is 38.1 Å². The highest BCUT2D eigenvalue weighted by Crippen LogP contribution is 2.24. The van der Waals surface area contributed by atoms with Gasteiger partial charge in [0.2, 0.25) is 0 Å². The molecule has 0 spiro atoms. The third-order valence-electron chi connectivity index (χ3n) is 4.27. The number of aromatic amines is 1. The van der Waals surface area contributed by atoms with Crippen molar-refractivity contribution in [3.8, 4) is 0 Å². The van der Waals surface area contributed by atoms with Crippen molar-refractivity contribution in [1.29, 1.82) is 0 Å². The van der Waals surface area contributed by atoms with Crippen molar-refractivity contribution in [2.75, 3.05) is 13.6 Å². The van der Waals surface area contributed by atoms with E-state index in [0.29, 0.717) is 6.04 Å². The normalized spacial score (nSPS) is 15.5. The Morgan fingerprint density at radius 1 is 1.38 bits per heavy atom. The molecule has 0 amide bonds. The predicted octanol–water partition coefficient (Wildman–Crippen LogP) is 2.85. The first-order valence-electron chi connectivity index (χ1n) is 7.70. The Morgan fingerprint density at radius 2 is 2.14 bits per heavy atom. The molecule has 0 radical (unpaired) electrons. The molecule has 0 atom stereocenters. The Labute approximate surface area is 130 Å². The number of benzene rings is 1. The van der Waals surface area contributed by atoms with Gasteiger partial charge in [-0.1, -0.05) is 25.0 Å². The summed E-state index contributed by atoms with van der Waals surface area (Å²) >= 11 is 5.48. The number of fused-ring (bicyclic) bond motifs is 1. The first kappa shape index (κ1) is 14.3. The molecule has 1 heterocycles. The highest BCUT2D eigenvalue weighted by Gasteiger charge is 2.24. The minimum absolute atomic E-state index is 0.592. The summed E-state index contributed by atoms with van der Waals surface area (Å²) < 4.78 is 0. The lowest BCUT2D eigenvalue weighted by Crippen LogP contribution is -2.44. The van der Waals surface area contributed by atoms with Crippen LogP contribution in [-0.4, -0.2) is 39.6 Å². The molecule has 0 bridgehead atoms. The molecule has 1 aliphatic rings. The third kappa shape index (κ3) is 3.18. The monoisotopic (exact) mass is 302 g/mol. The number of nitrogens with zero attached hydrogens (tertiary/aromatic N) is 2. The van der Waals surface area contributed by atoms with Gasteiger partial charge in [-0.2, -0.15) is 0 Å². The number of H-pyrrole nitrogens is 1. The van der Waals surface area contributed by atoms with Crippen molar-refractivity contribution in [2.24, 2.45) is 0 Å². The second-order valence-electron chi connectivity index (χ2n) is 5.64. The summed E-state index contributed by atoms with van der Waals surface area (Å²) in [5, 5.41) is 3.99. The van der Waals surface area contributed by atoms with Crippen LogP contribution in [0.4, 0.5) is 0 Å². The van der Waals surface area contributed by atoms with Gasteiger partial charge in [-0.05, 0) is 37.2 Å². The van der Waals surface area contributed by atoms with E-state index in [0.717, 1.165) is 34.9 Å². The molecular formula is C16H22N4S. The lowest BCUT2D eigenvalue weighted by Gasteiger charge is -2.30. The Morgan fingerprint density at radius 3 is 2.86 bits per heavy atom. The van der Waals surface area contributed by atoms with Crippen molar-refractivity contribution in [3.63, 3.8) is 0 Å². The van der Waals surface area contributed by atoms with Crippen LogP contribution >= 0.6 is 12.2 Å². The second-order valence-corrected chi connectivity index (χ2v) is 6.02. The van der Waals surface area contributed by atoms with Crippen LogP contribution in [0.15, 0.2) is 24.3 Å². The van der Waals surface area contributed by atoms with Gasteiger partial charge in [0.15, 0.2) is 5.11 Å². The van der Waals surface area contributed by atoms with Crippen LogP contribution in [0.2, 0.25) is 0 Å². The topological polar surface area (TPSA) is 44.0 Å². The fourth-order valence-corrected chi connectivity index (χ4v) is 3.40. The van der Waals surface area contributed by atoms with E-state index >= 15 is 0 Å². The van der Waals surface area contributed by atoms with Gasteiger partial charge >= 0.3 is 0 Å². The minimum atomic E-state index is 0.592. The SMILES string of the molecule is CNC(=S)N(CCc1nc2ccccc2[nH]1)C1CCCC1. The molecule has 1 saturated carbocycles. The standard InChI is InChI=1S/C16H22N4S/c1-17-16(21)20(12-6-2-3-7-12)11-10-15-18-13-8-4-5-9-14(13)19-15/h4-5,8-9,12H,2-3,6-7,10-11H2,1H3,(H,17,21)(H,18,19). The largest absolute Gasteiger partial charge is 0.366 e. The molecule has 0 unspecified atom stereocenters. The highest BCUT2D eigenvalue weighted by atomic mass is 32.1. The smallest absolute Gasteiger partial charge is 0.168 e. The van der Waals surface area contributed by atoms with Crippen LogP contribution in [-0.2, 0) is 6.42 Å². The first-order chi connectivity index (χ1) is 10.3. The molecule has 1 fully saturated rings. The summed E-state index contributed by atoms with van der Waals surface area (Å²) in [6, 6.07) is 8.76. The van der Waals surface area contributed by atoms with E-state index in [1.54, 1.807) is 0 Å². The van der Waals surface area contributed by atoms with Crippen molar-refractivity contribution in [1.82, 2.24) is 20.2 Å². The fraction of sp³-hybridized carbons (Fsp3) is 0.500. The van der Waals surface area contributed by atoms with Crippen LogP contribution in [0.3, 0.4) is 0 Å². The molecule has 1 aromatic heterocycles. The van der Waals surface area contributed by atoms with Crippen molar-refractivity contribution >= 4 is 28.4 Å². The maximum absolute atomic E-state index is 5.48. The minimum Gasteiger partial charge on any atom is -0.366 e. The lowest BCUT2D eigenvalue weighted by molar-refractivity contribution is 0.314. The summed E-state index contributed by atoms with van der Waals surface area (Å²) in [7, 11) is 1.91. The Bertz CT molecular complexity index is 583. The zero-order valence-electron chi connectivity index (χ0n) is 12.4. The molecule has 1 aliphatic carbocycles. The number of para-hydroxylation sites is 2. The molecule has 21 heavy (non-hydrogen) atoms. The van der Waals surface area contributed by atoms with Gasteiger partial charge in [0.1, 0.15) is 5.82 Å². The van der Waals surface area contributed by atoms with Crippen molar-refractivity contribution in [3.05, 3.63) is 30.1 Å². The van der Waals surface area contributed by atoms with Crippen LogP contribution in [0.25, 0.3) is 11.0 Å². The molecular weight excluding hydrogens is 280 g/mol. The zero-order valence-corrected chi connectivity index (χ0v) is 13.2. The van der Waals surface area contributed by atoms with E-state index in [4.69, 9.17) is 12.2 Å². The average Bonchev–Trinajstić information content (AvgIpc) is 3.15. The second kappa shape index (κ2) is 6.43. The molecule has 112 valence electrons. The van der Waals surface area contributed by atoms with Crippen molar-refractivity contribution < 1.29 is 0 Å². The van der Waals surface area contributed by atoms with Gasteiger partial charge in [-0.3, -0.25) is 0 Å². The summed E-state index contributed by atoms with van der Waals surface area (Å²) in [5.41, 5.74) is 2.15. The van der Waals surface area contributed by atoms with E-state index in [9.17, 15) is 0 Å². The fourth-order valence-electron chi connectivity index (χ4n) is 3.16. The number of hydrogen-bond acceptors (Lipinski definition) is 2.